The molecule has 0 saturated carbocycles. The van der Waals surface area contributed by atoms with Gasteiger partial charge in [-0.05, 0) is 35.4 Å². The number of ether oxygens (including phenoxy) is 2. The minimum absolute atomic E-state index is 0.844. The Bertz CT molecular complexity index is 1360. The third-order valence-electron chi connectivity index (χ3n) is 5.97. The fraction of sp³-hybridized carbons (Fsp3) is 0. The molecule has 6 rings (SSSR count). The maximum atomic E-state index is 6.24. The summed E-state index contributed by atoms with van der Waals surface area (Å²) in [5.74, 6) is 3.41. The van der Waals surface area contributed by atoms with Crippen molar-refractivity contribution >= 4 is 22.7 Å². The average molecular weight is 439 g/mol. The third-order valence-corrected chi connectivity index (χ3v) is 5.97. The number of fused-ring (bicyclic) bond motifs is 2. The van der Waals surface area contributed by atoms with E-state index in [0.29, 0.717) is 0 Å². The van der Waals surface area contributed by atoms with Crippen molar-refractivity contribution < 1.29 is 9.47 Å². The topological polar surface area (TPSA) is 18.5 Å². The number of para-hydroxylation sites is 2. The predicted octanol–water partition coefficient (Wildman–Crippen LogP) is 8.02. The lowest BCUT2D eigenvalue weighted by molar-refractivity contribution is 0.509. The van der Waals surface area contributed by atoms with E-state index in [1.165, 1.54) is 0 Å². The van der Waals surface area contributed by atoms with E-state index in [0.717, 1.165) is 56.4 Å². The van der Waals surface area contributed by atoms with Crippen molar-refractivity contribution in [2.45, 2.75) is 0 Å². The molecule has 4 aromatic carbocycles. The van der Waals surface area contributed by atoms with Gasteiger partial charge in [-0.25, -0.2) is 0 Å². The zero-order chi connectivity index (χ0) is 22.7. The Hall–Kier alpha value is -4.56. The van der Waals surface area contributed by atoms with E-state index in [9.17, 15) is 0 Å². The summed E-state index contributed by atoms with van der Waals surface area (Å²) >= 11 is 0. The van der Waals surface area contributed by atoms with Crippen molar-refractivity contribution in [1.29, 1.82) is 0 Å². The van der Waals surface area contributed by atoms with Crippen molar-refractivity contribution in [2.75, 3.05) is 0 Å². The van der Waals surface area contributed by atoms with Crippen molar-refractivity contribution in [3.05, 3.63) is 156 Å². The van der Waals surface area contributed by atoms with Crippen molar-refractivity contribution in [3.8, 4) is 11.5 Å². The Morgan fingerprint density at radius 1 is 0.412 bits per heavy atom. The first-order valence-electron chi connectivity index (χ1n) is 11.4. The number of hydrogen-bond donors (Lipinski definition) is 0. The van der Waals surface area contributed by atoms with Gasteiger partial charge in [0.25, 0.3) is 0 Å². The molecule has 4 aromatic rings. The van der Waals surface area contributed by atoms with Gasteiger partial charge in [0.1, 0.15) is 23.0 Å². The summed E-state index contributed by atoms with van der Waals surface area (Å²) < 4.78 is 12.5. The van der Waals surface area contributed by atoms with Gasteiger partial charge in [0, 0.05) is 22.3 Å². The highest BCUT2D eigenvalue weighted by atomic mass is 16.5. The first-order valence-corrected chi connectivity index (χ1v) is 11.4. The average Bonchev–Trinajstić information content (AvgIpc) is 2.92. The largest absolute Gasteiger partial charge is 0.456 e. The normalized spacial score (nSPS) is 16.6. The van der Waals surface area contributed by atoms with E-state index >= 15 is 0 Å². The van der Waals surface area contributed by atoms with Gasteiger partial charge in [-0.3, -0.25) is 0 Å². The molecular weight excluding hydrogens is 416 g/mol. The maximum absolute atomic E-state index is 6.24. The van der Waals surface area contributed by atoms with Gasteiger partial charge in [-0.2, -0.15) is 0 Å². The number of rotatable bonds is 3. The first kappa shape index (κ1) is 20.1. The van der Waals surface area contributed by atoms with Crippen molar-refractivity contribution in [1.82, 2.24) is 0 Å². The maximum Gasteiger partial charge on any atom is 0.135 e. The van der Waals surface area contributed by atoms with E-state index in [4.69, 9.17) is 9.47 Å². The minimum Gasteiger partial charge on any atom is -0.456 e. The lowest BCUT2D eigenvalue weighted by atomic mass is 9.96. The second-order valence-electron chi connectivity index (χ2n) is 8.19. The molecule has 0 fully saturated rings. The summed E-state index contributed by atoms with van der Waals surface area (Å²) in [5, 5.41) is 0. The quantitative estimate of drug-likeness (QED) is 0.322. The Kier molecular flexibility index (Phi) is 5.17. The molecule has 2 heteroatoms. The Morgan fingerprint density at radius 3 is 1.24 bits per heavy atom. The van der Waals surface area contributed by atoms with Crippen LogP contribution in [0, 0.1) is 0 Å². The summed E-state index contributed by atoms with van der Waals surface area (Å²) in [6.45, 7) is 0. The van der Waals surface area contributed by atoms with Crippen molar-refractivity contribution in [2.24, 2.45) is 0 Å². The zero-order valence-corrected chi connectivity index (χ0v) is 18.5. The summed E-state index contributed by atoms with van der Waals surface area (Å²) in [6, 6.07) is 36.7. The Morgan fingerprint density at radius 2 is 0.794 bits per heavy atom. The molecule has 0 N–H and O–H groups in total. The van der Waals surface area contributed by atoms with Crippen LogP contribution in [0.25, 0.3) is 22.7 Å². The number of benzene rings is 4. The minimum atomic E-state index is 0.844. The van der Waals surface area contributed by atoms with Crippen LogP contribution in [-0.4, -0.2) is 0 Å². The molecule has 2 aliphatic rings. The fourth-order valence-electron chi connectivity index (χ4n) is 4.27. The van der Waals surface area contributed by atoms with Crippen molar-refractivity contribution in [3.63, 3.8) is 0 Å². The lowest BCUT2D eigenvalue weighted by Crippen LogP contribution is -2.04. The van der Waals surface area contributed by atoms with E-state index in [1.807, 2.05) is 72.8 Å². The van der Waals surface area contributed by atoms with Crippen LogP contribution in [0.4, 0.5) is 0 Å². The molecule has 0 radical (unpaired) electrons. The van der Waals surface area contributed by atoms with Gasteiger partial charge in [-0.1, -0.05) is 109 Å². The highest BCUT2D eigenvalue weighted by Gasteiger charge is 2.19. The lowest BCUT2D eigenvalue weighted by Gasteiger charge is -2.21. The van der Waals surface area contributed by atoms with Crippen LogP contribution >= 0.6 is 0 Å². The molecule has 0 unspecified atom stereocenters. The molecule has 0 atom stereocenters. The van der Waals surface area contributed by atoms with E-state index < -0.39 is 0 Å². The fourth-order valence-corrected chi connectivity index (χ4v) is 4.27. The molecule has 2 heterocycles. The predicted molar refractivity (Wildman–Crippen MR) is 139 cm³/mol. The van der Waals surface area contributed by atoms with Crippen LogP contribution in [-0.2, 0) is 0 Å². The second kappa shape index (κ2) is 8.76. The van der Waals surface area contributed by atoms with E-state index in [-0.39, 0.29) is 0 Å². The SMILES string of the molecule is C1=C(c2ccccc2)Oc2ccccc2/C1=C\C=C1\C=C(c2ccccc2)Oc2ccccc21. The van der Waals surface area contributed by atoms with Crippen LogP contribution in [0.3, 0.4) is 0 Å². The number of hydrogen-bond acceptors (Lipinski definition) is 2. The molecule has 0 saturated heterocycles. The smallest absolute Gasteiger partial charge is 0.135 e. The standard InChI is InChI=1S/C32H22O2/c1-3-11-23(12-4-1)31-21-25(27-15-7-9-17-29(27)33-31)19-20-26-22-32(24-13-5-2-6-14-24)34-30-18-10-8-16-28(26)30/h1-22H/b25-19-,26-20-. The number of allylic oxidation sites excluding steroid dienone is 6. The molecule has 0 bridgehead atoms. The van der Waals surface area contributed by atoms with E-state index in [2.05, 4.69) is 60.7 Å². The molecule has 2 aliphatic heterocycles. The Labute approximate surface area is 199 Å². The van der Waals surface area contributed by atoms with Gasteiger partial charge in [0.05, 0.1) is 0 Å². The molecule has 0 spiro atoms. The van der Waals surface area contributed by atoms with Gasteiger partial charge in [0.15, 0.2) is 0 Å². The van der Waals surface area contributed by atoms with Gasteiger partial charge in [-0.15, -0.1) is 0 Å². The summed E-state index contributed by atoms with van der Waals surface area (Å²) in [4.78, 5) is 0. The molecule has 0 aromatic heterocycles. The molecule has 2 nitrogen and oxygen atoms in total. The highest BCUT2D eigenvalue weighted by Crippen LogP contribution is 2.39. The van der Waals surface area contributed by atoms with Gasteiger partial charge >= 0.3 is 0 Å². The van der Waals surface area contributed by atoms with Crippen LogP contribution < -0.4 is 9.47 Å². The monoisotopic (exact) mass is 438 g/mol. The molecule has 34 heavy (non-hydrogen) atoms. The van der Waals surface area contributed by atoms with Crippen LogP contribution in [0.15, 0.2) is 133 Å². The molecular formula is C32H22O2. The molecule has 162 valence electrons. The molecule has 0 amide bonds. The second-order valence-corrected chi connectivity index (χ2v) is 8.19. The first-order chi connectivity index (χ1) is 16.8. The molecule has 0 aliphatic carbocycles. The zero-order valence-electron chi connectivity index (χ0n) is 18.5. The Balaban J connectivity index is 1.47. The van der Waals surface area contributed by atoms with Crippen LogP contribution in [0.1, 0.15) is 22.3 Å². The van der Waals surface area contributed by atoms with Gasteiger partial charge < -0.3 is 9.47 Å². The summed E-state index contributed by atoms with van der Waals surface area (Å²) in [7, 11) is 0. The van der Waals surface area contributed by atoms with Crippen LogP contribution in [0.5, 0.6) is 11.5 Å². The highest BCUT2D eigenvalue weighted by molar-refractivity contribution is 5.92. The van der Waals surface area contributed by atoms with E-state index in [1.54, 1.807) is 0 Å². The third kappa shape index (κ3) is 3.87. The van der Waals surface area contributed by atoms with Crippen LogP contribution in [0.2, 0.25) is 0 Å². The summed E-state index contributed by atoms with van der Waals surface area (Å²) in [5.41, 5.74) is 6.47. The van der Waals surface area contributed by atoms with Gasteiger partial charge in [0.2, 0.25) is 0 Å². The summed E-state index contributed by atoms with van der Waals surface area (Å²) in [6.07, 6.45) is 8.56.